The van der Waals surface area contributed by atoms with Gasteiger partial charge < -0.3 is 10.8 Å². The first-order valence-electron chi connectivity index (χ1n) is 7.09. The lowest BCUT2D eigenvalue weighted by Crippen LogP contribution is -2.53. The van der Waals surface area contributed by atoms with E-state index < -0.39 is 0 Å². The summed E-state index contributed by atoms with van der Waals surface area (Å²) >= 11 is 0. The van der Waals surface area contributed by atoms with Gasteiger partial charge in [-0.2, -0.15) is 0 Å². The lowest BCUT2D eigenvalue weighted by molar-refractivity contribution is 0.0211. The third-order valence-electron chi connectivity index (χ3n) is 5.06. The minimum Gasteiger partial charge on any atom is -0.392 e. The standard InChI is InChI=1S/C16H23NO/c1-16(17,10-11-5-3-2-4-6-11)14-12-7-8-13(9-12)15(14)18/h2-6,12-15,18H,7-10,17H2,1H3. The third-order valence-corrected chi connectivity index (χ3v) is 5.06. The van der Waals surface area contributed by atoms with Crippen LogP contribution in [0.15, 0.2) is 30.3 Å². The second-order valence-corrected chi connectivity index (χ2v) is 6.52. The molecule has 2 bridgehead atoms. The molecular formula is C16H23NO. The average Bonchev–Trinajstić information content (AvgIpc) is 2.89. The van der Waals surface area contributed by atoms with Crippen LogP contribution in [0.5, 0.6) is 0 Å². The van der Waals surface area contributed by atoms with Crippen molar-refractivity contribution in [2.75, 3.05) is 0 Å². The molecule has 2 heteroatoms. The van der Waals surface area contributed by atoms with Crippen LogP contribution in [0.2, 0.25) is 0 Å². The molecule has 0 heterocycles. The summed E-state index contributed by atoms with van der Waals surface area (Å²) in [6.07, 6.45) is 4.33. The molecule has 1 aromatic carbocycles. The van der Waals surface area contributed by atoms with Gasteiger partial charge in [0.1, 0.15) is 0 Å². The van der Waals surface area contributed by atoms with Crippen molar-refractivity contribution in [3.05, 3.63) is 35.9 Å². The van der Waals surface area contributed by atoms with Crippen molar-refractivity contribution in [2.45, 2.75) is 44.2 Å². The Hall–Kier alpha value is -0.860. The molecule has 3 N–H and O–H groups in total. The number of hydrogen-bond acceptors (Lipinski definition) is 2. The highest BCUT2D eigenvalue weighted by Crippen LogP contribution is 2.52. The fourth-order valence-corrected chi connectivity index (χ4v) is 4.34. The van der Waals surface area contributed by atoms with E-state index in [-0.39, 0.29) is 17.6 Å². The molecule has 2 saturated carbocycles. The zero-order chi connectivity index (χ0) is 12.8. The first-order valence-corrected chi connectivity index (χ1v) is 7.09. The number of fused-ring (bicyclic) bond motifs is 2. The summed E-state index contributed by atoms with van der Waals surface area (Å²) < 4.78 is 0. The smallest absolute Gasteiger partial charge is 0.0616 e. The molecular weight excluding hydrogens is 222 g/mol. The third kappa shape index (κ3) is 1.98. The second kappa shape index (κ2) is 4.36. The van der Waals surface area contributed by atoms with Crippen molar-refractivity contribution in [3.8, 4) is 0 Å². The quantitative estimate of drug-likeness (QED) is 0.858. The minimum atomic E-state index is -0.291. The first kappa shape index (κ1) is 12.2. The molecule has 2 fully saturated rings. The van der Waals surface area contributed by atoms with Gasteiger partial charge >= 0.3 is 0 Å². The molecule has 0 aromatic heterocycles. The summed E-state index contributed by atoms with van der Waals surface area (Å²) in [5.41, 5.74) is 7.56. The lowest BCUT2D eigenvalue weighted by atomic mass is 9.71. The Kier molecular flexibility index (Phi) is 2.95. The lowest BCUT2D eigenvalue weighted by Gasteiger charge is -2.40. The molecule has 1 aromatic rings. The van der Waals surface area contributed by atoms with Gasteiger partial charge in [0.2, 0.25) is 0 Å². The van der Waals surface area contributed by atoms with Crippen LogP contribution < -0.4 is 5.73 Å². The number of aliphatic hydroxyl groups excluding tert-OH is 1. The Bertz CT molecular complexity index is 412. The van der Waals surface area contributed by atoms with E-state index in [1.165, 1.54) is 24.8 Å². The van der Waals surface area contributed by atoms with E-state index in [1.54, 1.807) is 0 Å². The molecule has 0 aliphatic heterocycles. The summed E-state index contributed by atoms with van der Waals surface area (Å²) in [6.45, 7) is 2.12. The Morgan fingerprint density at radius 1 is 1.22 bits per heavy atom. The molecule has 3 rings (SSSR count). The van der Waals surface area contributed by atoms with Crippen LogP contribution in [-0.4, -0.2) is 16.7 Å². The monoisotopic (exact) mass is 245 g/mol. The highest BCUT2D eigenvalue weighted by molar-refractivity contribution is 5.19. The van der Waals surface area contributed by atoms with E-state index in [9.17, 15) is 5.11 Å². The van der Waals surface area contributed by atoms with Crippen molar-refractivity contribution in [1.82, 2.24) is 0 Å². The molecule has 0 amide bonds. The number of aliphatic hydroxyl groups is 1. The number of hydrogen-bond donors (Lipinski definition) is 2. The first-order chi connectivity index (χ1) is 8.58. The Morgan fingerprint density at radius 2 is 1.89 bits per heavy atom. The van der Waals surface area contributed by atoms with Crippen LogP contribution in [0.1, 0.15) is 31.7 Å². The second-order valence-electron chi connectivity index (χ2n) is 6.52. The topological polar surface area (TPSA) is 46.2 Å². The van der Waals surface area contributed by atoms with Crippen LogP contribution in [0.4, 0.5) is 0 Å². The highest BCUT2D eigenvalue weighted by Gasteiger charge is 2.52. The Morgan fingerprint density at radius 3 is 2.50 bits per heavy atom. The van der Waals surface area contributed by atoms with Crippen LogP contribution in [0.25, 0.3) is 0 Å². The van der Waals surface area contributed by atoms with Crippen molar-refractivity contribution in [2.24, 2.45) is 23.5 Å². The van der Waals surface area contributed by atoms with Crippen molar-refractivity contribution >= 4 is 0 Å². The van der Waals surface area contributed by atoms with E-state index >= 15 is 0 Å². The van der Waals surface area contributed by atoms with E-state index in [2.05, 4.69) is 31.2 Å². The fraction of sp³-hybridized carbons (Fsp3) is 0.625. The Balaban J connectivity index is 1.78. The molecule has 2 aliphatic carbocycles. The van der Waals surface area contributed by atoms with Crippen LogP contribution in [0.3, 0.4) is 0 Å². The zero-order valence-electron chi connectivity index (χ0n) is 11.0. The van der Waals surface area contributed by atoms with E-state index in [0.29, 0.717) is 11.8 Å². The number of nitrogens with two attached hydrogens (primary N) is 1. The largest absolute Gasteiger partial charge is 0.392 e. The normalized spacial score (nSPS) is 37.7. The van der Waals surface area contributed by atoms with Crippen molar-refractivity contribution in [3.63, 3.8) is 0 Å². The maximum atomic E-state index is 10.4. The maximum absolute atomic E-state index is 10.4. The highest BCUT2D eigenvalue weighted by atomic mass is 16.3. The van der Waals surface area contributed by atoms with E-state index in [0.717, 1.165) is 6.42 Å². The number of benzene rings is 1. The van der Waals surface area contributed by atoms with Crippen LogP contribution >= 0.6 is 0 Å². The average molecular weight is 245 g/mol. The van der Waals surface area contributed by atoms with Crippen LogP contribution in [-0.2, 0) is 6.42 Å². The van der Waals surface area contributed by atoms with Crippen molar-refractivity contribution < 1.29 is 5.11 Å². The summed E-state index contributed by atoms with van der Waals surface area (Å²) in [4.78, 5) is 0. The fourth-order valence-electron chi connectivity index (χ4n) is 4.34. The SMILES string of the molecule is CC(N)(Cc1ccccc1)C1C2CCC(C2)C1O. The van der Waals surface area contributed by atoms with Gasteiger partial charge in [0.15, 0.2) is 0 Å². The van der Waals surface area contributed by atoms with E-state index in [1.807, 2.05) is 6.07 Å². The molecule has 18 heavy (non-hydrogen) atoms. The minimum absolute atomic E-state index is 0.178. The van der Waals surface area contributed by atoms with Crippen molar-refractivity contribution in [1.29, 1.82) is 0 Å². The van der Waals surface area contributed by atoms with Gasteiger partial charge in [0.25, 0.3) is 0 Å². The molecule has 5 unspecified atom stereocenters. The molecule has 0 spiro atoms. The summed E-state index contributed by atoms with van der Waals surface area (Å²) in [5, 5.41) is 10.4. The van der Waals surface area contributed by atoms with Gasteiger partial charge in [0.05, 0.1) is 6.10 Å². The van der Waals surface area contributed by atoms with Gasteiger partial charge in [-0.15, -0.1) is 0 Å². The van der Waals surface area contributed by atoms with Gasteiger partial charge in [-0.1, -0.05) is 30.3 Å². The molecule has 2 nitrogen and oxygen atoms in total. The molecule has 98 valence electrons. The molecule has 2 aliphatic rings. The summed E-state index contributed by atoms with van der Waals surface area (Å²) in [7, 11) is 0. The molecule has 5 atom stereocenters. The van der Waals surface area contributed by atoms with Crippen LogP contribution in [0, 0.1) is 17.8 Å². The van der Waals surface area contributed by atoms with Gasteiger partial charge in [-0.05, 0) is 50.0 Å². The van der Waals surface area contributed by atoms with Gasteiger partial charge in [-0.25, -0.2) is 0 Å². The zero-order valence-corrected chi connectivity index (χ0v) is 11.0. The number of rotatable bonds is 3. The predicted molar refractivity (Wildman–Crippen MR) is 73.1 cm³/mol. The predicted octanol–water partition coefficient (Wildman–Crippen LogP) is 2.35. The summed E-state index contributed by atoms with van der Waals surface area (Å²) in [6, 6.07) is 10.4. The Labute approximate surface area is 109 Å². The molecule has 0 radical (unpaired) electrons. The molecule has 0 saturated heterocycles. The summed E-state index contributed by atoms with van der Waals surface area (Å²) in [5.74, 6) is 1.43. The maximum Gasteiger partial charge on any atom is 0.0616 e. The van der Waals surface area contributed by atoms with Gasteiger partial charge in [0, 0.05) is 11.5 Å². The van der Waals surface area contributed by atoms with Gasteiger partial charge in [-0.3, -0.25) is 0 Å². The van der Waals surface area contributed by atoms with E-state index in [4.69, 9.17) is 5.73 Å².